The molecular weight excluding hydrogens is 450 g/mol. The Morgan fingerprint density at radius 1 is 0.794 bits per heavy atom. The van der Waals surface area contributed by atoms with E-state index in [1.165, 1.54) is 11.9 Å². The Balaban J connectivity index is 1.98. The van der Waals surface area contributed by atoms with E-state index in [-0.39, 0.29) is 25.5 Å². The molecule has 3 aromatic rings. The van der Waals surface area contributed by atoms with E-state index >= 15 is 0 Å². The fraction of sp³-hybridized carbons (Fsp3) is 0.231. The lowest BCUT2D eigenvalue weighted by Crippen LogP contribution is -2.47. The number of carbonyl (C=O) groups is 2. The van der Waals surface area contributed by atoms with Gasteiger partial charge in [-0.3, -0.25) is 9.59 Å². The van der Waals surface area contributed by atoms with Gasteiger partial charge in [0.15, 0.2) is 0 Å². The molecule has 0 spiro atoms. The van der Waals surface area contributed by atoms with Crippen molar-refractivity contribution in [3.05, 3.63) is 108 Å². The molecule has 0 radical (unpaired) electrons. The Kier molecular flexibility index (Phi) is 8.56. The Bertz CT molecular complexity index is 1190. The lowest BCUT2D eigenvalue weighted by atomic mass is 10.0. The third-order valence-electron chi connectivity index (χ3n) is 5.42. The summed E-state index contributed by atoms with van der Waals surface area (Å²) in [6.07, 6.45) is 1.08. The molecule has 0 bridgehead atoms. The van der Waals surface area contributed by atoms with Crippen LogP contribution in [0.15, 0.2) is 91.0 Å². The van der Waals surface area contributed by atoms with Crippen LogP contribution in [0.3, 0.4) is 0 Å². The van der Waals surface area contributed by atoms with Gasteiger partial charge in [-0.2, -0.15) is 4.31 Å². The number of hydrogen-bond donors (Lipinski definition) is 1. The molecule has 3 rings (SSSR count). The van der Waals surface area contributed by atoms with E-state index < -0.39 is 22.0 Å². The van der Waals surface area contributed by atoms with Gasteiger partial charge in [-0.05, 0) is 16.7 Å². The normalized spacial score (nSPS) is 12.2. The number of nitrogens with one attached hydrogen (secondary N) is 1. The van der Waals surface area contributed by atoms with Crippen molar-refractivity contribution in [2.45, 2.75) is 19.1 Å². The Hall–Kier alpha value is -3.49. The second-order valence-electron chi connectivity index (χ2n) is 7.95. The quantitative estimate of drug-likeness (QED) is 0.484. The largest absolute Gasteiger partial charge is 0.357 e. The number of sulfonamides is 1. The summed E-state index contributed by atoms with van der Waals surface area (Å²) in [5, 5.41) is 2.64. The second kappa shape index (κ2) is 11.6. The molecular formula is C26H29N3O4S. The Morgan fingerprint density at radius 2 is 1.26 bits per heavy atom. The average Bonchev–Trinajstić information content (AvgIpc) is 2.84. The van der Waals surface area contributed by atoms with Gasteiger partial charge in [0.05, 0.1) is 12.8 Å². The van der Waals surface area contributed by atoms with Gasteiger partial charge in [-0.1, -0.05) is 91.0 Å². The van der Waals surface area contributed by atoms with E-state index in [2.05, 4.69) is 5.32 Å². The summed E-state index contributed by atoms with van der Waals surface area (Å²) in [6, 6.07) is 26.5. The highest BCUT2D eigenvalue weighted by Crippen LogP contribution is 2.24. The maximum Gasteiger partial charge on any atom is 0.247 e. The lowest BCUT2D eigenvalue weighted by Gasteiger charge is -2.33. The summed E-state index contributed by atoms with van der Waals surface area (Å²) < 4.78 is 26.2. The van der Waals surface area contributed by atoms with Gasteiger partial charge < -0.3 is 10.2 Å². The SMILES string of the molecule is CNC(=O)[C@H](c1ccccc1)N(Cc1ccccc1)C(=O)CN(Cc1ccccc1)S(C)(=O)=O. The molecule has 0 aliphatic rings. The summed E-state index contributed by atoms with van der Waals surface area (Å²) in [4.78, 5) is 28.1. The zero-order valence-corrected chi connectivity index (χ0v) is 20.1. The van der Waals surface area contributed by atoms with Crippen LogP contribution in [0, 0.1) is 0 Å². The van der Waals surface area contributed by atoms with Gasteiger partial charge in [0.2, 0.25) is 21.8 Å². The predicted octanol–water partition coefficient (Wildman–Crippen LogP) is 2.96. The van der Waals surface area contributed by atoms with Crippen LogP contribution in [-0.4, -0.2) is 49.3 Å². The smallest absolute Gasteiger partial charge is 0.247 e. The first-order valence-electron chi connectivity index (χ1n) is 10.9. The van der Waals surface area contributed by atoms with Crippen molar-refractivity contribution in [2.75, 3.05) is 19.8 Å². The maximum atomic E-state index is 13.7. The van der Waals surface area contributed by atoms with E-state index in [0.29, 0.717) is 5.56 Å². The van der Waals surface area contributed by atoms with Crippen molar-refractivity contribution < 1.29 is 18.0 Å². The monoisotopic (exact) mass is 479 g/mol. The van der Waals surface area contributed by atoms with Crippen molar-refractivity contribution in [3.8, 4) is 0 Å². The highest BCUT2D eigenvalue weighted by Gasteiger charge is 2.33. The third-order valence-corrected chi connectivity index (χ3v) is 6.62. The fourth-order valence-corrected chi connectivity index (χ4v) is 4.40. The molecule has 2 amide bonds. The molecule has 0 aliphatic heterocycles. The number of hydrogen-bond acceptors (Lipinski definition) is 4. The summed E-state index contributed by atoms with van der Waals surface area (Å²) in [7, 11) is -2.18. The minimum Gasteiger partial charge on any atom is -0.357 e. The zero-order valence-electron chi connectivity index (χ0n) is 19.3. The van der Waals surface area contributed by atoms with E-state index in [1.807, 2.05) is 66.7 Å². The van der Waals surface area contributed by atoms with Crippen molar-refractivity contribution in [2.24, 2.45) is 0 Å². The molecule has 1 atom stereocenters. The Labute approximate surface area is 201 Å². The first-order valence-corrected chi connectivity index (χ1v) is 12.7. The molecule has 0 aromatic heterocycles. The molecule has 7 nitrogen and oxygen atoms in total. The number of nitrogens with zero attached hydrogens (tertiary/aromatic N) is 2. The second-order valence-corrected chi connectivity index (χ2v) is 9.93. The standard InChI is InChI=1S/C26H29N3O4S/c1-27-26(31)25(23-16-10-5-11-17-23)29(19-22-14-8-4-9-15-22)24(30)20-28(34(2,32)33)18-21-12-6-3-7-13-21/h3-17,25H,18-20H2,1-2H3,(H,27,31)/t25-/m0/s1. The third kappa shape index (κ3) is 6.76. The molecule has 0 fully saturated rings. The van der Waals surface area contributed by atoms with Crippen LogP contribution >= 0.6 is 0 Å². The maximum absolute atomic E-state index is 13.7. The molecule has 0 saturated heterocycles. The van der Waals surface area contributed by atoms with E-state index in [9.17, 15) is 18.0 Å². The Morgan fingerprint density at radius 3 is 1.74 bits per heavy atom. The van der Waals surface area contributed by atoms with Crippen LogP contribution in [0.25, 0.3) is 0 Å². The summed E-state index contributed by atoms with van der Waals surface area (Å²) >= 11 is 0. The lowest BCUT2D eigenvalue weighted by molar-refractivity contribution is -0.141. The number of amides is 2. The molecule has 0 saturated carbocycles. The van der Waals surface area contributed by atoms with Crippen LogP contribution in [0.1, 0.15) is 22.7 Å². The van der Waals surface area contributed by atoms with E-state index in [0.717, 1.165) is 21.7 Å². The number of likely N-dealkylation sites (N-methyl/N-ethyl adjacent to an activating group) is 1. The molecule has 8 heteroatoms. The van der Waals surface area contributed by atoms with E-state index in [4.69, 9.17) is 0 Å². The van der Waals surface area contributed by atoms with Crippen molar-refractivity contribution in [1.29, 1.82) is 0 Å². The van der Waals surface area contributed by atoms with Gasteiger partial charge in [-0.15, -0.1) is 0 Å². The van der Waals surface area contributed by atoms with Crippen LogP contribution in [0.5, 0.6) is 0 Å². The number of rotatable bonds is 10. The topological polar surface area (TPSA) is 86.8 Å². The minimum atomic E-state index is -3.70. The van der Waals surface area contributed by atoms with E-state index in [1.54, 1.807) is 24.3 Å². The number of benzene rings is 3. The van der Waals surface area contributed by atoms with Crippen LogP contribution < -0.4 is 5.32 Å². The van der Waals surface area contributed by atoms with Gasteiger partial charge in [0.1, 0.15) is 6.04 Å². The predicted molar refractivity (Wildman–Crippen MR) is 132 cm³/mol. The molecule has 1 N–H and O–H groups in total. The molecule has 34 heavy (non-hydrogen) atoms. The van der Waals surface area contributed by atoms with Crippen LogP contribution in [0.4, 0.5) is 0 Å². The first kappa shape index (κ1) is 25.1. The summed E-state index contributed by atoms with van der Waals surface area (Å²) in [6.45, 7) is -0.183. The molecule has 0 unspecified atom stereocenters. The molecule has 0 aliphatic carbocycles. The molecule has 0 heterocycles. The minimum absolute atomic E-state index is 0.0561. The van der Waals surface area contributed by atoms with Gasteiger partial charge in [0.25, 0.3) is 0 Å². The molecule has 178 valence electrons. The van der Waals surface area contributed by atoms with Crippen molar-refractivity contribution >= 4 is 21.8 Å². The van der Waals surface area contributed by atoms with Gasteiger partial charge >= 0.3 is 0 Å². The zero-order chi connectivity index (χ0) is 24.6. The first-order chi connectivity index (χ1) is 16.3. The fourth-order valence-electron chi connectivity index (χ4n) is 3.67. The average molecular weight is 480 g/mol. The van der Waals surface area contributed by atoms with Crippen molar-refractivity contribution in [3.63, 3.8) is 0 Å². The molecule has 3 aromatic carbocycles. The summed E-state index contributed by atoms with van der Waals surface area (Å²) in [5.41, 5.74) is 2.23. The van der Waals surface area contributed by atoms with Crippen LogP contribution in [-0.2, 0) is 32.7 Å². The van der Waals surface area contributed by atoms with Gasteiger partial charge in [-0.25, -0.2) is 8.42 Å². The van der Waals surface area contributed by atoms with Gasteiger partial charge in [0, 0.05) is 20.1 Å². The highest BCUT2D eigenvalue weighted by molar-refractivity contribution is 7.88. The van der Waals surface area contributed by atoms with Crippen LogP contribution in [0.2, 0.25) is 0 Å². The van der Waals surface area contributed by atoms with Crippen molar-refractivity contribution in [1.82, 2.24) is 14.5 Å². The number of carbonyl (C=O) groups excluding carboxylic acids is 2. The summed E-state index contributed by atoms with van der Waals surface area (Å²) in [5.74, 6) is -0.827. The highest BCUT2D eigenvalue weighted by atomic mass is 32.2.